The molecule has 1 aliphatic heterocycles. The van der Waals surface area contributed by atoms with Crippen molar-refractivity contribution in [3.8, 4) is 0 Å². The van der Waals surface area contributed by atoms with Crippen LogP contribution < -0.4 is 0 Å². The van der Waals surface area contributed by atoms with Gasteiger partial charge in [-0.15, -0.1) is 0 Å². The Hall–Kier alpha value is -3.22. The second-order valence-electron chi connectivity index (χ2n) is 6.49. The van der Waals surface area contributed by atoms with Crippen LogP contribution in [0.4, 0.5) is 5.69 Å². The predicted molar refractivity (Wildman–Crippen MR) is 98.2 cm³/mol. The third-order valence-electron chi connectivity index (χ3n) is 4.60. The van der Waals surface area contributed by atoms with Gasteiger partial charge in [0.1, 0.15) is 0 Å². The van der Waals surface area contributed by atoms with E-state index in [2.05, 4.69) is 0 Å². The van der Waals surface area contributed by atoms with Gasteiger partial charge in [0, 0.05) is 30.3 Å². The molecule has 1 unspecified atom stereocenters. The van der Waals surface area contributed by atoms with E-state index in [-0.39, 0.29) is 17.2 Å². The van der Waals surface area contributed by atoms with Crippen molar-refractivity contribution in [1.29, 1.82) is 0 Å². The molecule has 1 saturated heterocycles. The Labute approximate surface area is 156 Å². The summed E-state index contributed by atoms with van der Waals surface area (Å²) < 4.78 is 5.55. The van der Waals surface area contributed by atoms with E-state index >= 15 is 0 Å². The Morgan fingerprint density at radius 2 is 1.78 bits per heavy atom. The number of rotatable bonds is 5. The standard InChI is InChI=1S/C20H20N2O5/c1-14-13-16(9-10-17(14)22(25)26)20(24)27-18(15-7-3-2-4-8-15)19(23)21-11-5-6-12-21/h2-4,7-10,13,18H,5-6,11-12H2,1H3. The number of amides is 1. The predicted octanol–water partition coefficient (Wildman–Crippen LogP) is 3.42. The largest absolute Gasteiger partial charge is 0.444 e. The lowest BCUT2D eigenvalue weighted by Crippen LogP contribution is -2.34. The van der Waals surface area contributed by atoms with Gasteiger partial charge in [-0.05, 0) is 31.9 Å². The lowest BCUT2D eigenvalue weighted by atomic mass is 10.1. The van der Waals surface area contributed by atoms with Gasteiger partial charge in [0.25, 0.3) is 11.6 Å². The van der Waals surface area contributed by atoms with Crippen molar-refractivity contribution in [2.45, 2.75) is 25.9 Å². The number of likely N-dealkylation sites (tertiary alicyclic amines) is 1. The van der Waals surface area contributed by atoms with Crippen molar-refractivity contribution < 1.29 is 19.2 Å². The van der Waals surface area contributed by atoms with Crippen LogP contribution in [0.2, 0.25) is 0 Å². The maximum absolute atomic E-state index is 12.9. The number of hydrogen-bond acceptors (Lipinski definition) is 5. The van der Waals surface area contributed by atoms with Crippen LogP contribution in [0.5, 0.6) is 0 Å². The number of hydrogen-bond donors (Lipinski definition) is 0. The van der Waals surface area contributed by atoms with Gasteiger partial charge in [-0.1, -0.05) is 30.3 Å². The van der Waals surface area contributed by atoms with Crippen LogP contribution in [0, 0.1) is 17.0 Å². The second kappa shape index (κ2) is 7.99. The maximum Gasteiger partial charge on any atom is 0.339 e. The minimum atomic E-state index is -1.03. The molecule has 1 amide bonds. The Morgan fingerprint density at radius 3 is 2.37 bits per heavy atom. The molecular weight excluding hydrogens is 348 g/mol. The van der Waals surface area contributed by atoms with E-state index in [4.69, 9.17) is 4.74 Å². The zero-order chi connectivity index (χ0) is 19.4. The van der Waals surface area contributed by atoms with Gasteiger partial charge in [0.2, 0.25) is 6.10 Å². The van der Waals surface area contributed by atoms with Crippen molar-refractivity contribution in [2.24, 2.45) is 0 Å². The first-order valence-corrected chi connectivity index (χ1v) is 8.77. The molecule has 0 N–H and O–H groups in total. The highest BCUT2D eigenvalue weighted by Gasteiger charge is 2.31. The molecule has 0 spiro atoms. The number of nitrogens with zero attached hydrogens (tertiary/aromatic N) is 2. The molecule has 1 heterocycles. The van der Waals surface area contributed by atoms with Crippen molar-refractivity contribution >= 4 is 17.6 Å². The van der Waals surface area contributed by atoms with Crippen LogP contribution in [0.15, 0.2) is 48.5 Å². The average molecular weight is 368 g/mol. The normalized spacial score (nSPS) is 14.6. The number of benzene rings is 2. The molecule has 0 radical (unpaired) electrons. The summed E-state index contributed by atoms with van der Waals surface area (Å²) in [5.41, 5.74) is 1.06. The molecular formula is C20H20N2O5. The van der Waals surface area contributed by atoms with Crippen molar-refractivity contribution in [1.82, 2.24) is 4.90 Å². The van der Waals surface area contributed by atoms with E-state index in [9.17, 15) is 19.7 Å². The monoisotopic (exact) mass is 368 g/mol. The third kappa shape index (κ3) is 4.13. The molecule has 0 aromatic heterocycles. The zero-order valence-electron chi connectivity index (χ0n) is 15.0. The minimum Gasteiger partial charge on any atom is -0.444 e. The smallest absolute Gasteiger partial charge is 0.339 e. The highest BCUT2D eigenvalue weighted by Crippen LogP contribution is 2.25. The summed E-state index contributed by atoms with van der Waals surface area (Å²) in [5.74, 6) is -0.930. The van der Waals surface area contributed by atoms with E-state index in [1.165, 1.54) is 18.2 Å². The summed E-state index contributed by atoms with van der Waals surface area (Å²) in [5, 5.41) is 10.9. The molecule has 1 aliphatic rings. The van der Waals surface area contributed by atoms with Crippen LogP contribution in [0.1, 0.15) is 40.4 Å². The number of carbonyl (C=O) groups is 2. The van der Waals surface area contributed by atoms with Gasteiger partial charge in [-0.25, -0.2) is 4.79 Å². The van der Waals surface area contributed by atoms with Crippen molar-refractivity contribution in [3.63, 3.8) is 0 Å². The first-order valence-electron chi connectivity index (χ1n) is 8.77. The van der Waals surface area contributed by atoms with Crippen LogP contribution in [-0.4, -0.2) is 34.8 Å². The molecule has 3 rings (SSSR count). The fourth-order valence-corrected chi connectivity index (χ4v) is 3.15. The highest BCUT2D eigenvalue weighted by atomic mass is 16.6. The fraction of sp³-hybridized carbons (Fsp3) is 0.300. The van der Waals surface area contributed by atoms with Crippen molar-refractivity contribution in [2.75, 3.05) is 13.1 Å². The second-order valence-corrected chi connectivity index (χ2v) is 6.49. The van der Waals surface area contributed by atoms with Crippen LogP contribution in [-0.2, 0) is 9.53 Å². The number of nitro groups is 1. The summed E-state index contributed by atoms with van der Waals surface area (Å²) >= 11 is 0. The molecule has 140 valence electrons. The topological polar surface area (TPSA) is 89.8 Å². The van der Waals surface area contributed by atoms with E-state index in [0.717, 1.165) is 12.8 Å². The number of esters is 1. The zero-order valence-corrected chi connectivity index (χ0v) is 15.0. The molecule has 7 heteroatoms. The van der Waals surface area contributed by atoms with Gasteiger partial charge in [-0.2, -0.15) is 0 Å². The minimum absolute atomic E-state index is 0.0701. The molecule has 0 bridgehead atoms. The van der Waals surface area contributed by atoms with Gasteiger partial charge in [-0.3, -0.25) is 14.9 Å². The summed E-state index contributed by atoms with van der Waals surface area (Å²) in [6, 6.07) is 12.9. The molecule has 7 nitrogen and oxygen atoms in total. The summed E-state index contributed by atoms with van der Waals surface area (Å²) in [7, 11) is 0. The molecule has 1 atom stereocenters. The Kier molecular flexibility index (Phi) is 5.49. The molecule has 2 aromatic rings. The lowest BCUT2D eigenvalue weighted by molar-refractivity contribution is -0.385. The van der Waals surface area contributed by atoms with Crippen LogP contribution in [0.25, 0.3) is 0 Å². The average Bonchev–Trinajstić information content (AvgIpc) is 3.20. The third-order valence-corrected chi connectivity index (χ3v) is 4.60. The number of aryl methyl sites for hydroxylation is 1. The van der Waals surface area contributed by atoms with Gasteiger partial charge < -0.3 is 9.64 Å². The van der Waals surface area contributed by atoms with Crippen molar-refractivity contribution in [3.05, 3.63) is 75.3 Å². The summed E-state index contributed by atoms with van der Waals surface area (Å²) in [6.45, 7) is 2.85. The first kappa shape index (κ1) is 18.6. The summed E-state index contributed by atoms with van der Waals surface area (Å²) in [6.07, 6.45) is 0.832. The van der Waals surface area contributed by atoms with Gasteiger partial charge >= 0.3 is 5.97 Å². The quantitative estimate of drug-likeness (QED) is 0.458. The maximum atomic E-state index is 12.9. The fourth-order valence-electron chi connectivity index (χ4n) is 3.15. The highest BCUT2D eigenvalue weighted by molar-refractivity contribution is 5.93. The van der Waals surface area contributed by atoms with Crippen LogP contribution >= 0.6 is 0 Å². The Morgan fingerprint density at radius 1 is 1.11 bits per heavy atom. The molecule has 0 aliphatic carbocycles. The van der Waals surface area contributed by atoms with Gasteiger partial charge in [0.15, 0.2) is 0 Å². The molecule has 2 aromatic carbocycles. The van der Waals surface area contributed by atoms with E-state index in [1.54, 1.807) is 36.1 Å². The molecule has 0 saturated carbocycles. The molecule has 1 fully saturated rings. The first-order chi connectivity index (χ1) is 13.0. The van der Waals surface area contributed by atoms with Crippen LogP contribution in [0.3, 0.4) is 0 Å². The summed E-state index contributed by atoms with van der Waals surface area (Å²) in [4.78, 5) is 37.6. The lowest BCUT2D eigenvalue weighted by Gasteiger charge is -2.23. The Bertz CT molecular complexity index is 860. The number of ether oxygens (including phenoxy) is 1. The number of nitro benzene ring substituents is 1. The van der Waals surface area contributed by atoms with E-state index < -0.39 is 17.0 Å². The van der Waals surface area contributed by atoms with E-state index in [0.29, 0.717) is 24.2 Å². The van der Waals surface area contributed by atoms with E-state index in [1.807, 2.05) is 6.07 Å². The molecule has 27 heavy (non-hydrogen) atoms. The SMILES string of the molecule is Cc1cc(C(=O)OC(C(=O)N2CCCC2)c2ccccc2)ccc1[N+](=O)[O-]. The van der Waals surface area contributed by atoms with Gasteiger partial charge in [0.05, 0.1) is 10.5 Å². The Balaban J connectivity index is 1.85. The number of carbonyl (C=O) groups excluding carboxylic acids is 2.